The van der Waals surface area contributed by atoms with E-state index in [1.54, 1.807) is 20.3 Å². The van der Waals surface area contributed by atoms with Gasteiger partial charge in [-0.3, -0.25) is 4.90 Å². The fourth-order valence-corrected chi connectivity index (χ4v) is 3.97. The van der Waals surface area contributed by atoms with Gasteiger partial charge in [0.1, 0.15) is 5.65 Å². The van der Waals surface area contributed by atoms with E-state index < -0.39 is 5.95 Å². The van der Waals surface area contributed by atoms with Crippen LogP contribution in [0.15, 0.2) is 36.5 Å². The molecule has 1 aromatic carbocycles. The Morgan fingerprint density at radius 2 is 1.75 bits per heavy atom. The van der Waals surface area contributed by atoms with Gasteiger partial charge in [-0.1, -0.05) is 0 Å². The van der Waals surface area contributed by atoms with E-state index >= 15 is 0 Å². The van der Waals surface area contributed by atoms with Crippen molar-refractivity contribution < 1.29 is 13.9 Å². The van der Waals surface area contributed by atoms with Crippen LogP contribution in [0.3, 0.4) is 0 Å². The van der Waals surface area contributed by atoms with E-state index in [1.807, 2.05) is 16.8 Å². The molecule has 0 radical (unpaired) electrons. The summed E-state index contributed by atoms with van der Waals surface area (Å²) in [6, 6.07) is 9.39. The second kappa shape index (κ2) is 8.19. The lowest BCUT2D eigenvalue weighted by atomic mass is 9.98. The largest absolute Gasteiger partial charge is 0.493 e. The number of pyridine rings is 1. The molecule has 0 spiro atoms. The van der Waals surface area contributed by atoms with Gasteiger partial charge in [0, 0.05) is 31.2 Å². The van der Waals surface area contributed by atoms with E-state index in [4.69, 9.17) is 9.47 Å². The first-order valence-electron chi connectivity index (χ1n) is 9.75. The average molecular weight is 382 g/mol. The van der Waals surface area contributed by atoms with Crippen LogP contribution in [0.2, 0.25) is 0 Å². The van der Waals surface area contributed by atoms with E-state index in [2.05, 4.69) is 22.0 Å². The number of halogens is 1. The Morgan fingerprint density at radius 3 is 2.54 bits per heavy atom. The maximum absolute atomic E-state index is 13.4. The van der Waals surface area contributed by atoms with E-state index in [1.165, 1.54) is 17.2 Å². The molecule has 0 aliphatic carbocycles. The molecule has 0 unspecified atom stereocenters. The predicted molar refractivity (Wildman–Crippen MR) is 107 cm³/mol. The number of methoxy groups -OCH3 is 2. The summed E-state index contributed by atoms with van der Waals surface area (Å²) in [7, 11) is 3.35. The number of hydrogen-bond donors (Lipinski definition) is 0. The first-order chi connectivity index (χ1) is 13.7. The van der Waals surface area contributed by atoms with Crippen molar-refractivity contribution in [1.29, 1.82) is 0 Å². The highest BCUT2D eigenvalue weighted by molar-refractivity contribution is 5.75. The van der Waals surface area contributed by atoms with Crippen LogP contribution in [0.25, 0.3) is 11.0 Å². The Hall–Kier alpha value is -2.60. The number of benzene rings is 1. The zero-order valence-corrected chi connectivity index (χ0v) is 16.4. The molecule has 3 aromatic rings. The standard InChI is InChI=1S/C22H26FN3O2/c1-27-19-13-17-7-11-25(15-18(17)14-20(19)28-2)9-3-4-10-26-12-8-16-5-6-21(23)24-22(16)26/h5-6,8,12-14H,3-4,7,9-11,15H2,1-2H3/i23-1. The molecule has 4 rings (SSSR count). The second-order valence-electron chi connectivity index (χ2n) is 7.27. The number of aryl methyl sites for hydroxylation is 1. The van der Waals surface area contributed by atoms with E-state index in [9.17, 15) is 4.39 Å². The minimum atomic E-state index is -0.425. The van der Waals surface area contributed by atoms with Crippen molar-refractivity contribution in [2.75, 3.05) is 27.3 Å². The molecule has 1 aliphatic heterocycles. The minimum Gasteiger partial charge on any atom is -0.493 e. The highest BCUT2D eigenvalue weighted by Gasteiger charge is 2.19. The number of ether oxygens (including phenoxy) is 2. The van der Waals surface area contributed by atoms with Crippen molar-refractivity contribution in [2.45, 2.75) is 32.4 Å². The maximum atomic E-state index is 13.4. The Morgan fingerprint density at radius 1 is 1.00 bits per heavy atom. The monoisotopic (exact) mass is 382 g/mol. The summed E-state index contributed by atoms with van der Waals surface area (Å²) in [6.45, 7) is 3.90. The molecule has 3 heterocycles. The molecule has 28 heavy (non-hydrogen) atoms. The summed E-state index contributed by atoms with van der Waals surface area (Å²) in [5.74, 6) is 1.17. The maximum Gasteiger partial charge on any atom is 0.214 e. The van der Waals surface area contributed by atoms with Crippen LogP contribution in [0, 0.1) is 5.95 Å². The highest BCUT2D eigenvalue weighted by atomic mass is 18.2. The Bertz CT molecular complexity index is 970. The number of unbranched alkanes of at least 4 members (excludes halogenated alkanes) is 1. The molecular formula is C22H26FN3O2. The molecule has 0 N–H and O–H groups in total. The number of hydrogen-bond acceptors (Lipinski definition) is 4. The van der Waals surface area contributed by atoms with Gasteiger partial charge in [-0.25, -0.2) is 4.98 Å². The van der Waals surface area contributed by atoms with Gasteiger partial charge in [-0.2, -0.15) is 4.39 Å². The number of aromatic nitrogens is 2. The van der Waals surface area contributed by atoms with Crippen molar-refractivity contribution in [1.82, 2.24) is 14.5 Å². The molecule has 0 amide bonds. The van der Waals surface area contributed by atoms with Crippen LogP contribution in [0.4, 0.5) is 4.39 Å². The lowest BCUT2D eigenvalue weighted by Crippen LogP contribution is -2.31. The van der Waals surface area contributed by atoms with Crippen LogP contribution in [-0.4, -0.2) is 41.8 Å². The molecule has 148 valence electrons. The third-order valence-electron chi connectivity index (χ3n) is 5.50. The number of nitrogens with zero attached hydrogens (tertiary/aromatic N) is 3. The van der Waals surface area contributed by atoms with Gasteiger partial charge in [0.25, 0.3) is 0 Å². The molecule has 0 fully saturated rings. The summed E-state index contributed by atoms with van der Waals surface area (Å²) in [5, 5.41) is 0.985. The van der Waals surface area contributed by atoms with Gasteiger partial charge in [0.05, 0.1) is 14.2 Å². The molecule has 2 aromatic heterocycles. The summed E-state index contributed by atoms with van der Waals surface area (Å²) < 4.78 is 26.3. The van der Waals surface area contributed by atoms with Crippen LogP contribution in [0.5, 0.6) is 11.5 Å². The van der Waals surface area contributed by atoms with Crippen molar-refractivity contribution in [3.63, 3.8) is 0 Å². The van der Waals surface area contributed by atoms with Crippen LogP contribution in [-0.2, 0) is 19.5 Å². The number of fused-ring (bicyclic) bond motifs is 2. The van der Waals surface area contributed by atoms with Gasteiger partial charge in [0.15, 0.2) is 11.5 Å². The van der Waals surface area contributed by atoms with Gasteiger partial charge < -0.3 is 14.0 Å². The van der Waals surface area contributed by atoms with E-state index in [-0.39, 0.29) is 0 Å². The third kappa shape index (κ3) is 3.83. The molecule has 0 saturated carbocycles. The quantitative estimate of drug-likeness (QED) is 0.457. The van der Waals surface area contributed by atoms with E-state index in [0.717, 1.165) is 68.0 Å². The highest BCUT2D eigenvalue weighted by Crippen LogP contribution is 2.33. The smallest absolute Gasteiger partial charge is 0.214 e. The van der Waals surface area contributed by atoms with E-state index in [0.29, 0.717) is 0 Å². The summed E-state index contributed by atoms with van der Waals surface area (Å²) >= 11 is 0. The molecule has 0 saturated heterocycles. The fourth-order valence-electron chi connectivity index (χ4n) is 3.97. The first kappa shape index (κ1) is 18.7. The van der Waals surface area contributed by atoms with Crippen LogP contribution in [0.1, 0.15) is 24.0 Å². The second-order valence-corrected chi connectivity index (χ2v) is 7.27. The predicted octanol–water partition coefficient (Wildman–Crippen LogP) is 4.03. The molecule has 5 nitrogen and oxygen atoms in total. The molecule has 0 atom stereocenters. The fraction of sp³-hybridized carbons (Fsp3) is 0.409. The number of rotatable bonds is 7. The van der Waals surface area contributed by atoms with Crippen molar-refractivity contribution in [2.24, 2.45) is 0 Å². The van der Waals surface area contributed by atoms with Gasteiger partial charge in [-0.05, 0) is 67.3 Å². The summed E-state index contributed by atoms with van der Waals surface area (Å²) in [5.41, 5.74) is 3.40. The zero-order valence-electron chi connectivity index (χ0n) is 16.4. The topological polar surface area (TPSA) is 39.5 Å². The molecule has 0 bridgehead atoms. The molecule has 6 heteroatoms. The summed E-state index contributed by atoms with van der Waals surface area (Å²) in [4.78, 5) is 6.51. The first-order valence-corrected chi connectivity index (χ1v) is 9.75. The van der Waals surface area contributed by atoms with Crippen LogP contribution < -0.4 is 9.47 Å². The molecule has 1 aliphatic rings. The lowest BCUT2D eigenvalue weighted by molar-refractivity contribution is 0.246. The Balaban J connectivity index is 1.32. The Kier molecular flexibility index (Phi) is 5.48. The SMILES string of the molecule is COc1cc2c(cc1OC)CN(CCCCn1ccc3ccc([18F])nc31)CC2. The average Bonchev–Trinajstić information content (AvgIpc) is 3.12. The van der Waals surface area contributed by atoms with Crippen LogP contribution >= 0.6 is 0 Å². The van der Waals surface area contributed by atoms with Gasteiger partial charge in [-0.15, -0.1) is 0 Å². The van der Waals surface area contributed by atoms with Gasteiger partial charge >= 0.3 is 0 Å². The van der Waals surface area contributed by atoms with Gasteiger partial charge in [0.2, 0.25) is 5.95 Å². The van der Waals surface area contributed by atoms with Crippen molar-refractivity contribution in [3.05, 3.63) is 53.6 Å². The van der Waals surface area contributed by atoms with Crippen molar-refractivity contribution in [3.8, 4) is 11.5 Å². The zero-order chi connectivity index (χ0) is 19.5. The third-order valence-corrected chi connectivity index (χ3v) is 5.50. The molecular weight excluding hydrogens is 356 g/mol. The normalized spacial score (nSPS) is 14.2. The Labute approximate surface area is 164 Å². The van der Waals surface area contributed by atoms with Crippen molar-refractivity contribution >= 4 is 11.0 Å². The lowest BCUT2D eigenvalue weighted by Gasteiger charge is -2.29. The minimum absolute atomic E-state index is 0.425. The summed E-state index contributed by atoms with van der Waals surface area (Å²) in [6.07, 6.45) is 5.16.